The third-order valence-electron chi connectivity index (χ3n) is 6.00. The Morgan fingerprint density at radius 3 is 2.73 bits per heavy atom. The van der Waals surface area contributed by atoms with E-state index >= 15 is 0 Å². The summed E-state index contributed by atoms with van der Waals surface area (Å²) < 4.78 is 1.88. The number of hydrogen-bond donors (Lipinski definition) is 1. The summed E-state index contributed by atoms with van der Waals surface area (Å²) in [6.07, 6.45) is 14.1. The number of aromatic nitrogens is 4. The summed E-state index contributed by atoms with van der Waals surface area (Å²) in [6, 6.07) is 10.8. The lowest BCUT2D eigenvalue weighted by Gasteiger charge is -2.16. The van der Waals surface area contributed by atoms with Gasteiger partial charge < -0.3 is 4.90 Å². The average Bonchev–Trinajstić information content (AvgIpc) is 3.49. The second-order valence-electron chi connectivity index (χ2n) is 7.80. The van der Waals surface area contributed by atoms with Gasteiger partial charge in [0.15, 0.2) is 5.65 Å². The molecule has 3 aromatic heterocycles. The van der Waals surface area contributed by atoms with E-state index in [0.29, 0.717) is 0 Å². The normalized spacial score (nSPS) is 15.7. The van der Waals surface area contributed by atoms with Crippen molar-refractivity contribution in [1.29, 1.82) is 0 Å². The molecule has 1 aliphatic heterocycles. The minimum Gasteiger partial charge on any atom is -0.357 e. The van der Waals surface area contributed by atoms with Gasteiger partial charge in [0.2, 0.25) is 0 Å². The molecule has 4 heterocycles. The van der Waals surface area contributed by atoms with Crippen molar-refractivity contribution in [2.75, 3.05) is 24.7 Å². The number of benzene rings is 1. The number of anilines is 1. The first-order valence-electron chi connectivity index (χ1n) is 10.4. The van der Waals surface area contributed by atoms with Crippen molar-refractivity contribution >= 4 is 17.4 Å². The van der Waals surface area contributed by atoms with Gasteiger partial charge in [-0.2, -0.15) is 5.10 Å². The van der Waals surface area contributed by atoms with Crippen LogP contribution in [0, 0.1) is 0 Å². The Morgan fingerprint density at radius 2 is 1.87 bits per heavy atom. The van der Waals surface area contributed by atoms with Gasteiger partial charge in [-0.25, -0.2) is 9.50 Å². The number of fused-ring (bicyclic) bond motifs is 2. The molecule has 1 saturated heterocycles. The summed E-state index contributed by atoms with van der Waals surface area (Å²) in [4.78, 5) is 11.6. The lowest BCUT2D eigenvalue weighted by molar-refractivity contribution is 0.855. The minimum atomic E-state index is 0.876. The highest BCUT2D eigenvalue weighted by Gasteiger charge is 2.17. The molecule has 1 N–H and O–H groups in total. The summed E-state index contributed by atoms with van der Waals surface area (Å²) >= 11 is 0. The number of hydrogen-bond acceptors (Lipinski definition) is 5. The quantitative estimate of drug-likeness (QED) is 0.573. The Bertz CT molecular complexity index is 1250. The van der Waals surface area contributed by atoms with Crippen LogP contribution in [0.2, 0.25) is 0 Å². The molecule has 1 aliphatic carbocycles. The summed E-state index contributed by atoms with van der Waals surface area (Å²) in [5.41, 5.74) is 8.91. The third-order valence-corrected chi connectivity index (χ3v) is 6.00. The number of rotatable bonds is 3. The number of nitrogens with zero attached hydrogens (tertiary/aromatic N) is 5. The molecule has 6 heteroatoms. The van der Waals surface area contributed by atoms with Crippen molar-refractivity contribution in [1.82, 2.24) is 24.9 Å². The highest BCUT2D eigenvalue weighted by atomic mass is 15.3. The fourth-order valence-corrected chi connectivity index (χ4v) is 4.40. The molecule has 0 unspecified atom stereocenters. The first kappa shape index (κ1) is 17.4. The van der Waals surface area contributed by atoms with Gasteiger partial charge in [0.1, 0.15) is 0 Å². The Hall–Kier alpha value is -3.51. The highest BCUT2D eigenvalue weighted by molar-refractivity contribution is 5.82. The summed E-state index contributed by atoms with van der Waals surface area (Å²) in [6.45, 7) is 3.01. The lowest BCUT2D eigenvalue weighted by Crippen LogP contribution is -2.20. The molecule has 0 radical (unpaired) electrons. The van der Waals surface area contributed by atoms with E-state index in [2.05, 4.69) is 69.0 Å². The molecule has 0 bridgehead atoms. The van der Waals surface area contributed by atoms with Gasteiger partial charge in [0, 0.05) is 48.5 Å². The number of allylic oxidation sites excluding steroid dienone is 1. The fourth-order valence-electron chi connectivity index (χ4n) is 4.40. The van der Waals surface area contributed by atoms with Crippen molar-refractivity contribution in [2.45, 2.75) is 12.8 Å². The van der Waals surface area contributed by atoms with E-state index < -0.39 is 0 Å². The van der Waals surface area contributed by atoms with Crippen LogP contribution in [0.5, 0.6) is 0 Å². The predicted molar refractivity (Wildman–Crippen MR) is 119 cm³/mol. The first-order valence-corrected chi connectivity index (χ1v) is 10.4. The summed E-state index contributed by atoms with van der Waals surface area (Å²) in [5.74, 6) is 0. The minimum absolute atomic E-state index is 0.876. The van der Waals surface area contributed by atoms with E-state index in [1.54, 1.807) is 0 Å². The largest absolute Gasteiger partial charge is 0.357 e. The van der Waals surface area contributed by atoms with E-state index in [1.807, 2.05) is 23.1 Å². The molecular weight excluding hydrogens is 372 g/mol. The topological polar surface area (TPSA) is 58.4 Å². The van der Waals surface area contributed by atoms with E-state index in [1.165, 1.54) is 16.8 Å². The van der Waals surface area contributed by atoms with E-state index in [-0.39, 0.29) is 0 Å². The second kappa shape index (κ2) is 7.07. The van der Waals surface area contributed by atoms with Crippen molar-refractivity contribution in [2.24, 2.45) is 0 Å². The zero-order chi connectivity index (χ0) is 19.9. The Kier molecular flexibility index (Phi) is 4.09. The van der Waals surface area contributed by atoms with Crippen LogP contribution in [0.3, 0.4) is 0 Å². The van der Waals surface area contributed by atoms with Gasteiger partial charge >= 0.3 is 0 Å². The van der Waals surface area contributed by atoms with Gasteiger partial charge in [0.25, 0.3) is 0 Å². The zero-order valence-corrected chi connectivity index (χ0v) is 16.6. The molecule has 0 saturated carbocycles. The highest BCUT2D eigenvalue weighted by Crippen LogP contribution is 2.32. The van der Waals surface area contributed by atoms with E-state index in [0.717, 1.165) is 60.6 Å². The van der Waals surface area contributed by atoms with Crippen LogP contribution < -0.4 is 10.2 Å². The van der Waals surface area contributed by atoms with Crippen LogP contribution >= 0.6 is 0 Å². The first-order chi connectivity index (χ1) is 14.9. The third kappa shape index (κ3) is 2.88. The monoisotopic (exact) mass is 394 g/mol. The lowest BCUT2D eigenvalue weighted by atomic mass is 9.94. The van der Waals surface area contributed by atoms with Crippen molar-refractivity contribution in [3.05, 3.63) is 72.5 Å². The van der Waals surface area contributed by atoms with Crippen LogP contribution in [0.1, 0.15) is 17.7 Å². The van der Waals surface area contributed by atoms with Gasteiger partial charge in [-0.3, -0.25) is 10.3 Å². The molecule has 1 fully saturated rings. The average molecular weight is 394 g/mol. The molecule has 6 rings (SSSR count). The van der Waals surface area contributed by atoms with E-state index in [9.17, 15) is 0 Å². The zero-order valence-electron chi connectivity index (χ0n) is 16.6. The van der Waals surface area contributed by atoms with Gasteiger partial charge in [-0.1, -0.05) is 18.2 Å². The van der Waals surface area contributed by atoms with E-state index in [4.69, 9.17) is 4.98 Å². The molecule has 148 valence electrons. The standard InChI is InChI=1S/C24H22N6/c1-2-4-23-21(3-1)20(9-10-26-23)22-14-28-30-15-18(13-27-24(22)30)17-5-7-19(8-6-17)29-12-11-25-16-29/h2,4-10,13-15,25H,1,3,11-12,16H2. The molecule has 0 atom stereocenters. The van der Waals surface area contributed by atoms with Crippen LogP contribution in [-0.4, -0.2) is 39.3 Å². The smallest absolute Gasteiger partial charge is 0.162 e. The SMILES string of the molecule is C1=Cc2nccc(-c3cnn4cc(-c5ccc(N6CCNC6)cc5)cnc34)c2CC1. The second-order valence-corrected chi connectivity index (χ2v) is 7.80. The maximum atomic E-state index is 4.78. The maximum Gasteiger partial charge on any atom is 0.162 e. The van der Waals surface area contributed by atoms with Crippen LogP contribution in [0.25, 0.3) is 34.0 Å². The number of nitrogens with one attached hydrogen (secondary N) is 1. The Balaban J connectivity index is 1.36. The molecule has 2 aliphatic rings. The van der Waals surface area contributed by atoms with Crippen LogP contribution in [0.15, 0.2) is 61.2 Å². The van der Waals surface area contributed by atoms with Crippen LogP contribution in [0.4, 0.5) is 5.69 Å². The molecule has 0 spiro atoms. The molecule has 4 aromatic rings. The van der Waals surface area contributed by atoms with Gasteiger partial charge in [-0.15, -0.1) is 0 Å². The maximum absolute atomic E-state index is 4.78. The van der Waals surface area contributed by atoms with Crippen LogP contribution in [-0.2, 0) is 6.42 Å². The van der Waals surface area contributed by atoms with Crippen molar-refractivity contribution < 1.29 is 0 Å². The molecule has 0 amide bonds. The predicted octanol–water partition coefficient (Wildman–Crippen LogP) is 3.78. The molecule has 6 nitrogen and oxygen atoms in total. The van der Waals surface area contributed by atoms with Crippen molar-refractivity contribution in [3.8, 4) is 22.3 Å². The molecular formula is C24H22N6. The number of pyridine rings is 1. The van der Waals surface area contributed by atoms with Crippen molar-refractivity contribution in [3.63, 3.8) is 0 Å². The molecule has 30 heavy (non-hydrogen) atoms. The summed E-state index contributed by atoms with van der Waals surface area (Å²) in [7, 11) is 0. The van der Waals surface area contributed by atoms with Gasteiger partial charge in [0.05, 0.1) is 18.6 Å². The Morgan fingerprint density at radius 1 is 0.933 bits per heavy atom. The molecule has 1 aromatic carbocycles. The summed E-state index contributed by atoms with van der Waals surface area (Å²) in [5, 5.41) is 7.98. The van der Waals surface area contributed by atoms with Gasteiger partial charge in [-0.05, 0) is 53.8 Å². The fraction of sp³-hybridized carbons (Fsp3) is 0.208. The Labute approximate surface area is 174 Å².